The highest BCUT2D eigenvalue weighted by Gasteiger charge is 2.34. The fourth-order valence-corrected chi connectivity index (χ4v) is 5.04. The lowest BCUT2D eigenvalue weighted by atomic mass is 10.1. The van der Waals surface area contributed by atoms with E-state index in [4.69, 9.17) is 14.5 Å². The number of alkyl carbamates (subject to hydrolysis) is 1. The molecule has 2 atom stereocenters. The molecule has 2 amide bonds. The Kier molecular flexibility index (Phi) is 8.49. The van der Waals surface area contributed by atoms with Crippen LogP contribution in [0, 0.1) is 0 Å². The van der Waals surface area contributed by atoms with Crippen molar-refractivity contribution >= 4 is 12.2 Å². The third-order valence-corrected chi connectivity index (χ3v) is 7.10. The van der Waals surface area contributed by atoms with E-state index in [0.717, 1.165) is 52.4 Å². The molecule has 1 aliphatic rings. The molecule has 5 rings (SSSR count). The van der Waals surface area contributed by atoms with E-state index in [1.807, 2.05) is 91.1 Å². The molecule has 3 N–H and O–H groups in total. The Morgan fingerprint density at radius 3 is 2.14 bits per heavy atom. The van der Waals surface area contributed by atoms with Gasteiger partial charge in [0.1, 0.15) is 22.9 Å². The SMILES string of the molecule is C[C@H](NC(=O)OC(C)(C)C)c1ncc(-c2ccc(-c3ccc(-c4cnc([C@@H]5CCCN5C(=O)OC(C)(C)C)[nH]4)cn3)cc2)[nH]1. The van der Waals surface area contributed by atoms with Gasteiger partial charge in [-0.05, 0) is 79.0 Å². The maximum Gasteiger partial charge on any atom is 0.410 e. The Hall–Kier alpha value is -4.67. The molecule has 1 fully saturated rings. The summed E-state index contributed by atoms with van der Waals surface area (Å²) in [7, 11) is 0. The van der Waals surface area contributed by atoms with E-state index in [1.54, 1.807) is 17.3 Å². The first-order chi connectivity index (χ1) is 20.8. The van der Waals surface area contributed by atoms with Crippen LogP contribution in [0.5, 0.6) is 0 Å². The van der Waals surface area contributed by atoms with Gasteiger partial charge < -0.3 is 24.8 Å². The number of amides is 2. The van der Waals surface area contributed by atoms with Crippen molar-refractivity contribution in [3.8, 4) is 33.8 Å². The molecule has 0 unspecified atom stereocenters. The van der Waals surface area contributed by atoms with Crippen LogP contribution in [0.15, 0.2) is 55.0 Å². The number of aromatic nitrogens is 5. The molecule has 11 nitrogen and oxygen atoms in total. The summed E-state index contributed by atoms with van der Waals surface area (Å²) in [5.74, 6) is 1.39. The molecule has 11 heteroatoms. The van der Waals surface area contributed by atoms with Gasteiger partial charge in [-0.1, -0.05) is 24.3 Å². The molecule has 1 saturated heterocycles. The molecular formula is C33H41N7O4. The van der Waals surface area contributed by atoms with Gasteiger partial charge in [-0.15, -0.1) is 0 Å². The molecule has 0 bridgehead atoms. The minimum atomic E-state index is -0.570. The molecule has 0 spiro atoms. The maximum atomic E-state index is 12.7. The number of nitrogens with zero attached hydrogens (tertiary/aromatic N) is 4. The van der Waals surface area contributed by atoms with Crippen LogP contribution in [0.1, 0.15) is 85.0 Å². The monoisotopic (exact) mass is 599 g/mol. The van der Waals surface area contributed by atoms with E-state index < -0.39 is 17.3 Å². The van der Waals surface area contributed by atoms with Crippen LogP contribution in [-0.2, 0) is 9.47 Å². The number of hydrogen-bond donors (Lipinski definition) is 3. The second-order valence-corrected chi connectivity index (χ2v) is 13.1. The number of H-pyrrole nitrogens is 2. The Labute approximate surface area is 257 Å². The molecule has 0 saturated carbocycles. The summed E-state index contributed by atoms with van der Waals surface area (Å²) in [4.78, 5) is 47.0. The first kappa shape index (κ1) is 30.8. The minimum absolute atomic E-state index is 0.139. The Morgan fingerprint density at radius 2 is 1.48 bits per heavy atom. The first-order valence-corrected chi connectivity index (χ1v) is 14.9. The standard InChI is InChI=1S/C33H41N7O4/c1-20(37-30(41)43-32(2,3)4)28-35-18-25(38-28)22-12-10-21(11-13-22)24-15-14-23(17-34-24)26-19-36-29(39-26)27-9-8-16-40(27)31(42)44-33(5,6)7/h10-15,17-20,27H,8-9,16H2,1-7H3,(H,35,38)(H,36,39)(H,37,41)/t20-,27-/m0/s1. The third kappa shape index (κ3) is 7.45. The molecule has 4 aromatic rings. The smallest absolute Gasteiger partial charge is 0.410 e. The van der Waals surface area contributed by atoms with Crippen molar-refractivity contribution in [2.24, 2.45) is 0 Å². The van der Waals surface area contributed by atoms with E-state index in [1.165, 1.54) is 0 Å². The van der Waals surface area contributed by atoms with Gasteiger partial charge in [0.25, 0.3) is 0 Å². The number of pyridine rings is 1. The predicted molar refractivity (Wildman–Crippen MR) is 168 cm³/mol. The largest absolute Gasteiger partial charge is 0.444 e. The molecule has 44 heavy (non-hydrogen) atoms. The topological polar surface area (TPSA) is 138 Å². The van der Waals surface area contributed by atoms with E-state index in [9.17, 15) is 9.59 Å². The van der Waals surface area contributed by atoms with Gasteiger partial charge >= 0.3 is 12.2 Å². The Bertz CT molecular complexity index is 1590. The molecule has 232 valence electrons. The number of likely N-dealkylation sites (tertiary alicyclic amines) is 1. The summed E-state index contributed by atoms with van der Waals surface area (Å²) in [5.41, 5.74) is 4.26. The normalized spacial score (nSPS) is 16.1. The lowest BCUT2D eigenvalue weighted by Crippen LogP contribution is -2.36. The minimum Gasteiger partial charge on any atom is -0.444 e. The molecule has 1 aromatic carbocycles. The van der Waals surface area contributed by atoms with E-state index >= 15 is 0 Å². The van der Waals surface area contributed by atoms with Crippen LogP contribution in [0.3, 0.4) is 0 Å². The van der Waals surface area contributed by atoms with Crippen LogP contribution >= 0.6 is 0 Å². The van der Waals surface area contributed by atoms with Crippen molar-refractivity contribution in [2.45, 2.75) is 84.6 Å². The molecular weight excluding hydrogens is 558 g/mol. The summed E-state index contributed by atoms with van der Waals surface area (Å²) in [5, 5.41) is 2.80. The summed E-state index contributed by atoms with van der Waals surface area (Å²) in [6, 6.07) is 11.5. The molecule has 0 aliphatic carbocycles. The average Bonchev–Trinajstić information content (AvgIpc) is 3.72. The predicted octanol–water partition coefficient (Wildman–Crippen LogP) is 7.19. The maximum absolute atomic E-state index is 12.7. The van der Waals surface area contributed by atoms with Gasteiger partial charge in [-0.2, -0.15) is 0 Å². The number of ether oxygens (including phenoxy) is 2. The van der Waals surface area contributed by atoms with Crippen LogP contribution in [0.25, 0.3) is 33.8 Å². The summed E-state index contributed by atoms with van der Waals surface area (Å²) < 4.78 is 10.9. The number of benzene rings is 1. The Balaban J connectivity index is 1.22. The number of hydrogen-bond acceptors (Lipinski definition) is 7. The van der Waals surface area contributed by atoms with Gasteiger partial charge in [0.05, 0.1) is 41.6 Å². The van der Waals surface area contributed by atoms with Crippen LogP contribution in [-0.4, -0.2) is 59.8 Å². The van der Waals surface area contributed by atoms with Gasteiger partial charge in [-0.3, -0.25) is 9.88 Å². The van der Waals surface area contributed by atoms with Gasteiger partial charge in [-0.25, -0.2) is 19.6 Å². The third-order valence-electron chi connectivity index (χ3n) is 7.10. The molecule has 1 aliphatic heterocycles. The molecule has 4 heterocycles. The zero-order valence-electron chi connectivity index (χ0n) is 26.4. The van der Waals surface area contributed by atoms with Crippen molar-refractivity contribution in [2.75, 3.05) is 6.54 Å². The van der Waals surface area contributed by atoms with Crippen molar-refractivity contribution in [1.29, 1.82) is 0 Å². The highest BCUT2D eigenvalue weighted by Crippen LogP contribution is 2.33. The van der Waals surface area contributed by atoms with E-state index in [0.29, 0.717) is 12.4 Å². The zero-order valence-corrected chi connectivity index (χ0v) is 26.4. The molecule has 3 aromatic heterocycles. The highest BCUT2D eigenvalue weighted by atomic mass is 16.6. The second-order valence-electron chi connectivity index (χ2n) is 13.1. The number of rotatable bonds is 6. The number of imidazole rings is 2. The van der Waals surface area contributed by atoms with Gasteiger partial charge in [0, 0.05) is 23.9 Å². The average molecular weight is 600 g/mol. The van der Waals surface area contributed by atoms with Crippen LogP contribution < -0.4 is 5.32 Å². The zero-order chi connectivity index (χ0) is 31.6. The quantitative estimate of drug-likeness (QED) is 0.213. The second kappa shape index (κ2) is 12.1. The highest BCUT2D eigenvalue weighted by molar-refractivity contribution is 5.70. The number of nitrogens with one attached hydrogen (secondary N) is 3. The fourth-order valence-electron chi connectivity index (χ4n) is 5.04. The van der Waals surface area contributed by atoms with E-state index in [-0.39, 0.29) is 18.2 Å². The summed E-state index contributed by atoms with van der Waals surface area (Å²) in [6.45, 7) is 13.6. The summed E-state index contributed by atoms with van der Waals surface area (Å²) in [6.07, 6.45) is 6.30. The molecule has 0 radical (unpaired) electrons. The van der Waals surface area contributed by atoms with Crippen LogP contribution in [0.4, 0.5) is 9.59 Å². The summed E-state index contributed by atoms with van der Waals surface area (Å²) >= 11 is 0. The van der Waals surface area contributed by atoms with E-state index in [2.05, 4.69) is 25.3 Å². The fraction of sp³-hybridized carbons (Fsp3) is 0.424. The van der Waals surface area contributed by atoms with Gasteiger partial charge in [0.2, 0.25) is 0 Å². The van der Waals surface area contributed by atoms with Crippen molar-refractivity contribution in [3.05, 3.63) is 66.6 Å². The van der Waals surface area contributed by atoms with Crippen molar-refractivity contribution in [1.82, 2.24) is 35.1 Å². The van der Waals surface area contributed by atoms with Crippen LogP contribution in [0.2, 0.25) is 0 Å². The number of carbonyl (C=O) groups excluding carboxylic acids is 2. The lowest BCUT2D eigenvalue weighted by molar-refractivity contribution is 0.0218. The lowest BCUT2D eigenvalue weighted by Gasteiger charge is -2.27. The van der Waals surface area contributed by atoms with Gasteiger partial charge in [0.15, 0.2) is 0 Å². The first-order valence-electron chi connectivity index (χ1n) is 14.9. The van der Waals surface area contributed by atoms with Crippen molar-refractivity contribution < 1.29 is 19.1 Å². The number of carbonyl (C=O) groups is 2. The van der Waals surface area contributed by atoms with Crippen molar-refractivity contribution in [3.63, 3.8) is 0 Å². The Morgan fingerprint density at radius 1 is 0.841 bits per heavy atom. The number of aromatic amines is 2.